The number of methoxy groups -OCH3 is 2. The molecule has 2 fully saturated rings. The van der Waals surface area contributed by atoms with Gasteiger partial charge in [0.1, 0.15) is 0 Å². The Kier molecular flexibility index (Phi) is 6.63. The second kappa shape index (κ2) is 9.13. The molecule has 0 aromatic heterocycles. The van der Waals surface area contributed by atoms with E-state index in [2.05, 4.69) is 4.99 Å². The van der Waals surface area contributed by atoms with Crippen LogP contribution in [0.15, 0.2) is 41.4 Å². The van der Waals surface area contributed by atoms with E-state index in [1.165, 1.54) is 18.9 Å². The predicted octanol–water partition coefficient (Wildman–Crippen LogP) is 3.85. The van der Waals surface area contributed by atoms with E-state index in [9.17, 15) is 13.2 Å². The van der Waals surface area contributed by atoms with E-state index in [1.54, 1.807) is 48.4 Å². The third-order valence-electron chi connectivity index (χ3n) is 5.26. The summed E-state index contributed by atoms with van der Waals surface area (Å²) in [7, 11) is -0.111. The lowest BCUT2D eigenvalue weighted by Crippen LogP contribution is -2.38. The number of thioether (sulfide) groups is 1. The van der Waals surface area contributed by atoms with Crippen molar-refractivity contribution in [2.75, 3.05) is 30.6 Å². The first-order valence-corrected chi connectivity index (χ1v) is 13.1. The molecule has 0 aliphatic carbocycles. The van der Waals surface area contributed by atoms with Gasteiger partial charge in [0.05, 0.1) is 48.9 Å². The first-order valence-electron chi connectivity index (χ1n) is 9.64. The van der Waals surface area contributed by atoms with Gasteiger partial charge in [-0.25, -0.2) is 8.42 Å². The zero-order chi connectivity index (χ0) is 23.0. The van der Waals surface area contributed by atoms with Crippen LogP contribution in [0.1, 0.15) is 5.56 Å². The van der Waals surface area contributed by atoms with E-state index in [-0.39, 0.29) is 35.1 Å². The molecule has 2 heterocycles. The van der Waals surface area contributed by atoms with Crippen LogP contribution in [0.5, 0.6) is 11.5 Å². The lowest BCUT2D eigenvalue weighted by atomic mass is 10.1. The molecule has 11 heteroatoms. The summed E-state index contributed by atoms with van der Waals surface area (Å²) in [5, 5.41) is 1.04. The van der Waals surface area contributed by atoms with Crippen molar-refractivity contribution < 1.29 is 22.7 Å². The maximum atomic E-state index is 12.8. The molecule has 170 valence electrons. The Morgan fingerprint density at radius 3 is 2.56 bits per heavy atom. The maximum Gasteiger partial charge on any atom is 0.252 e. The van der Waals surface area contributed by atoms with Gasteiger partial charge in [0.2, 0.25) is 0 Å². The summed E-state index contributed by atoms with van der Waals surface area (Å²) >= 11 is 13.7. The zero-order valence-electron chi connectivity index (χ0n) is 17.2. The molecule has 0 spiro atoms. The summed E-state index contributed by atoms with van der Waals surface area (Å²) in [5.74, 6) is 0.742. The fourth-order valence-corrected chi connectivity index (χ4v) is 8.26. The lowest BCUT2D eigenvalue weighted by Gasteiger charge is -2.25. The number of fused-ring (bicyclic) bond motifs is 1. The third-order valence-corrected chi connectivity index (χ3v) is 9.01. The number of ether oxygens (including phenoxy) is 2. The minimum atomic E-state index is -3.18. The van der Waals surface area contributed by atoms with Crippen LogP contribution >= 0.6 is 35.0 Å². The molecule has 0 radical (unpaired) electrons. The summed E-state index contributed by atoms with van der Waals surface area (Å²) in [5.41, 5.74) is 1.30. The highest BCUT2D eigenvalue weighted by atomic mass is 35.5. The van der Waals surface area contributed by atoms with E-state index in [1.807, 2.05) is 0 Å². The van der Waals surface area contributed by atoms with Gasteiger partial charge in [-0.1, -0.05) is 41.0 Å². The Bertz CT molecular complexity index is 1200. The van der Waals surface area contributed by atoms with Crippen LogP contribution in [-0.2, 0) is 21.1 Å². The molecule has 7 nitrogen and oxygen atoms in total. The number of amidine groups is 1. The number of anilines is 1. The summed E-state index contributed by atoms with van der Waals surface area (Å²) in [6, 6.07) is 9.86. The minimum Gasteiger partial charge on any atom is -0.493 e. The second-order valence-electron chi connectivity index (χ2n) is 7.42. The minimum absolute atomic E-state index is 0.0213. The number of nitrogens with zero attached hydrogens (tertiary/aromatic N) is 2. The van der Waals surface area contributed by atoms with Crippen LogP contribution in [0, 0.1) is 0 Å². The molecule has 2 aliphatic heterocycles. The molecule has 4 rings (SSSR count). The van der Waals surface area contributed by atoms with Crippen LogP contribution in [-0.4, -0.2) is 56.5 Å². The summed E-state index contributed by atoms with van der Waals surface area (Å²) < 4.78 is 35.0. The molecule has 0 bridgehead atoms. The second-order valence-corrected chi connectivity index (χ2v) is 11.6. The standard InChI is InChI=1S/C21H20Cl2N2O5S2/c1-29-17-6-3-12(7-18(17)30-2)8-20(26)24-21-25(15-5-4-13(22)9-14(15)23)16-10-32(27,28)11-19(16)31-21/h3-7,9,16,19H,8,10-11H2,1-2H3/t16-,19-/m1/s1. The van der Waals surface area contributed by atoms with Gasteiger partial charge in [0.25, 0.3) is 5.91 Å². The Hall–Kier alpha value is -1.94. The van der Waals surface area contributed by atoms with Crippen molar-refractivity contribution in [3.63, 3.8) is 0 Å². The summed E-state index contributed by atoms with van der Waals surface area (Å²) in [6.07, 6.45) is 0.0558. The Morgan fingerprint density at radius 1 is 1.12 bits per heavy atom. The molecule has 1 amide bonds. The Morgan fingerprint density at radius 2 is 1.88 bits per heavy atom. The quantitative estimate of drug-likeness (QED) is 0.598. The number of amides is 1. The molecule has 0 unspecified atom stereocenters. The highest BCUT2D eigenvalue weighted by Crippen LogP contribution is 2.43. The number of aliphatic imine (C=N–C) groups is 1. The average Bonchev–Trinajstić information content (AvgIpc) is 3.19. The summed E-state index contributed by atoms with van der Waals surface area (Å²) in [4.78, 5) is 18.9. The zero-order valence-corrected chi connectivity index (χ0v) is 20.4. The van der Waals surface area contributed by atoms with E-state index >= 15 is 0 Å². The van der Waals surface area contributed by atoms with Crippen LogP contribution < -0.4 is 14.4 Å². The van der Waals surface area contributed by atoms with Crippen molar-refractivity contribution in [3.8, 4) is 11.5 Å². The van der Waals surface area contributed by atoms with Crippen LogP contribution in [0.3, 0.4) is 0 Å². The Labute approximate surface area is 200 Å². The smallest absolute Gasteiger partial charge is 0.252 e. The van der Waals surface area contributed by atoms with Gasteiger partial charge in [0.15, 0.2) is 26.5 Å². The molecule has 0 saturated carbocycles. The van der Waals surface area contributed by atoms with Crippen molar-refractivity contribution >= 4 is 61.6 Å². The van der Waals surface area contributed by atoms with Crippen molar-refractivity contribution in [2.45, 2.75) is 17.7 Å². The Balaban J connectivity index is 1.64. The van der Waals surface area contributed by atoms with Gasteiger partial charge in [-0.05, 0) is 35.9 Å². The first-order chi connectivity index (χ1) is 15.2. The first kappa shape index (κ1) is 23.2. The number of sulfone groups is 1. The normalized spacial score (nSPS) is 22.8. The number of hydrogen-bond donors (Lipinski definition) is 0. The van der Waals surface area contributed by atoms with Crippen molar-refractivity contribution in [1.82, 2.24) is 0 Å². The van der Waals surface area contributed by atoms with Crippen molar-refractivity contribution in [1.29, 1.82) is 0 Å². The van der Waals surface area contributed by atoms with Crippen LogP contribution in [0.2, 0.25) is 10.0 Å². The number of benzene rings is 2. The van der Waals surface area contributed by atoms with Gasteiger partial charge < -0.3 is 14.4 Å². The monoisotopic (exact) mass is 514 g/mol. The van der Waals surface area contributed by atoms with E-state index < -0.39 is 9.84 Å². The SMILES string of the molecule is COc1ccc(CC(=O)N=C2S[C@@H]3CS(=O)(=O)C[C@H]3N2c2ccc(Cl)cc2Cl)cc1OC. The molecule has 2 aromatic carbocycles. The number of carbonyl (C=O) groups excluding carboxylic acids is 1. The molecular formula is C21H20Cl2N2O5S2. The van der Waals surface area contributed by atoms with Crippen molar-refractivity contribution in [2.24, 2.45) is 4.99 Å². The molecule has 2 aromatic rings. The van der Waals surface area contributed by atoms with Gasteiger partial charge in [-0.15, -0.1) is 0 Å². The number of halogens is 2. The topological polar surface area (TPSA) is 85.3 Å². The van der Waals surface area contributed by atoms with Gasteiger partial charge in [-0.2, -0.15) is 4.99 Å². The van der Waals surface area contributed by atoms with Crippen LogP contribution in [0.4, 0.5) is 5.69 Å². The van der Waals surface area contributed by atoms with Crippen LogP contribution in [0.25, 0.3) is 0 Å². The molecule has 0 N–H and O–H groups in total. The molecule has 32 heavy (non-hydrogen) atoms. The summed E-state index contributed by atoms with van der Waals surface area (Å²) in [6.45, 7) is 0. The predicted molar refractivity (Wildman–Crippen MR) is 128 cm³/mol. The number of carbonyl (C=O) groups is 1. The average molecular weight is 515 g/mol. The maximum absolute atomic E-state index is 12.8. The van der Waals surface area contributed by atoms with E-state index in [4.69, 9.17) is 32.7 Å². The molecule has 2 atom stereocenters. The van der Waals surface area contributed by atoms with Gasteiger partial charge in [0, 0.05) is 10.3 Å². The fourth-order valence-electron chi connectivity index (χ4n) is 3.83. The van der Waals surface area contributed by atoms with Gasteiger partial charge in [-0.3, -0.25) is 4.79 Å². The van der Waals surface area contributed by atoms with E-state index in [0.717, 1.165) is 5.56 Å². The van der Waals surface area contributed by atoms with Crippen molar-refractivity contribution in [3.05, 3.63) is 52.0 Å². The lowest BCUT2D eigenvalue weighted by molar-refractivity contribution is -0.117. The van der Waals surface area contributed by atoms with E-state index in [0.29, 0.717) is 32.4 Å². The molecule has 2 saturated heterocycles. The highest BCUT2D eigenvalue weighted by molar-refractivity contribution is 8.16. The highest BCUT2D eigenvalue weighted by Gasteiger charge is 2.49. The third kappa shape index (κ3) is 4.71. The number of rotatable bonds is 5. The molecular weight excluding hydrogens is 495 g/mol. The fraction of sp³-hybridized carbons (Fsp3) is 0.333. The van der Waals surface area contributed by atoms with Gasteiger partial charge >= 0.3 is 0 Å². The largest absolute Gasteiger partial charge is 0.493 e. The molecule has 2 aliphatic rings. The number of hydrogen-bond acceptors (Lipinski definition) is 6.